The maximum atomic E-state index is 11.7. The van der Waals surface area contributed by atoms with Crippen molar-refractivity contribution >= 4 is 9.84 Å². The van der Waals surface area contributed by atoms with Crippen molar-refractivity contribution in [2.45, 2.75) is 71.8 Å². The van der Waals surface area contributed by atoms with Gasteiger partial charge >= 0.3 is 0 Å². The normalized spacial score (nSPS) is 13.7. The monoisotopic (exact) mass is 277 g/mol. The van der Waals surface area contributed by atoms with Crippen LogP contribution in [0.4, 0.5) is 0 Å². The Balaban J connectivity index is 3.57. The van der Waals surface area contributed by atoms with E-state index in [-0.39, 0.29) is 0 Å². The van der Waals surface area contributed by atoms with Crippen LogP contribution in [0.2, 0.25) is 0 Å². The van der Waals surface area contributed by atoms with Gasteiger partial charge in [0.2, 0.25) is 0 Å². The second-order valence-electron chi connectivity index (χ2n) is 5.21. The summed E-state index contributed by atoms with van der Waals surface area (Å²) >= 11 is 0. The number of hydrogen-bond acceptors (Lipinski definition) is 3. The van der Waals surface area contributed by atoms with Crippen LogP contribution in [0.3, 0.4) is 0 Å². The molecule has 0 amide bonds. The van der Waals surface area contributed by atoms with Crippen molar-refractivity contribution in [1.82, 2.24) is 5.32 Å². The fourth-order valence-electron chi connectivity index (χ4n) is 1.94. The van der Waals surface area contributed by atoms with Gasteiger partial charge in [0.05, 0.1) is 11.5 Å². The largest absolute Gasteiger partial charge is 0.314 e. The highest BCUT2D eigenvalue weighted by atomic mass is 32.2. The summed E-state index contributed by atoms with van der Waals surface area (Å²) in [6.07, 6.45) is 6.97. The molecule has 0 aromatic carbocycles. The average molecular weight is 277 g/mol. The first-order valence-corrected chi connectivity index (χ1v) is 9.27. The van der Waals surface area contributed by atoms with E-state index >= 15 is 0 Å². The van der Waals surface area contributed by atoms with E-state index in [9.17, 15) is 8.42 Å². The van der Waals surface area contributed by atoms with Crippen LogP contribution in [-0.2, 0) is 9.84 Å². The van der Waals surface area contributed by atoms with Crippen LogP contribution in [0.25, 0.3) is 0 Å². The number of nitrogens with one attached hydrogen (secondary N) is 1. The quantitative estimate of drug-likeness (QED) is 0.557. The molecule has 1 unspecified atom stereocenters. The summed E-state index contributed by atoms with van der Waals surface area (Å²) in [7, 11) is -2.79. The first kappa shape index (κ1) is 17.9. The van der Waals surface area contributed by atoms with Crippen LogP contribution in [0.5, 0.6) is 0 Å². The lowest BCUT2D eigenvalue weighted by Crippen LogP contribution is -2.26. The number of unbranched alkanes of at least 4 members (excludes halogenated alkanes) is 3. The lowest BCUT2D eigenvalue weighted by molar-refractivity contribution is 0.494. The molecule has 0 aliphatic carbocycles. The lowest BCUT2D eigenvalue weighted by Gasteiger charge is -2.12. The van der Waals surface area contributed by atoms with Crippen LogP contribution in [0.1, 0.15) is 65.7 Å². The van der Waals surface area contributed by atoms with Crippen molar-refractivity contribution in [1.29, 1.82) is 0 Å². The van der Waals surface area contributed by atoms with Crippen LogP contribution in [-0.4, -0.2) is 32.5 Å². The topological polar surface area (TPSA) is 46.2 Å². The Labute approximate surface area is 114 Å². The first-order valence-electron chi connectivity index (χ1n) is 7.45. The van der Waals surface area contributed by atoms with E-state index < -0.39 is 9.84 Å². The predicted octanol–water partition coefficient (Wildman–Crippen LogP) is 3.15. The van der Waals surface area contributed by atoms with E-state index in [2.05, 4.69) is 26.1 Å². The predicted molar refractivity (Wildman–Crippen MR) is 79.8 cm³/mol. The fourth-order valence-corrected chi connectivity index (χ4v) is 3.43. The summed E-state index contributed by atoms with van der Waals surface area (Å²) in [6, 6.07) is 0.507. The molecule has 0 heterocycles. The van der Waals surface area contributed by atoms with Gasteiger partial charge in [-0.1, -0.05) is 33.1 Å². The molecule has 18 heavy (non-hydrogen) atoms. The van der Waals surface area contributed by atoms with Crippen molar-refractivity contribution in [3.63, 3.8) is 0 Å². The average Bonchev–Trinajstić information content (AvgIpc) is 2.32. The molecule has 0 spiro atoms. The van der Waals surface area contributed by atoms with Crippen LogP contribution >= 0.6 is 0 Å². The van der Waals surface area contributed by atoms with Crippen LogP contribution in [0.15, 0.2) is 0 Å². The van der Waals surface area contributed by atoms with Crippen molar-refractivity contribution < 1.29 is 8.42 Å². The van der Waals surface area contributed by atoms with E-state index in [1.54, 1.807) is 0 Å². The maximum absolute atomic E-state index is 11.7. The second kappa shape index (κ2) is 10.8. The Hall–Kier alpha value is -0.0900. The highest BCUT2D eigenvalue weighted by Crippen LogP contribution is 2.06. The Bertz CT molecular complexity index is 276. The number of hydrogen-bond donors (Lipinski definition) is 1. The molecule has 0 saturated heterocycles. The highest BCUT2D eigenvalue weighted by molar-refractivity contribution is 7.91. The SMILES string of the molecule is CCCCCS(=O)(=O)CCCCC(C)NCCC. The van der Waals surface area contributed by atoms with Crippen molar-refractivity contribution in [2.24, 2.45) is 0 Å². The second-order valence-corrected chi connectivity index (χ2v) is 7.51. The van der Waals surface area contributed by atoms with Gasteiger partial charge < -0.3 is 5.32 Å². The molecule has 110 valence electrons. The maximum Gasteiger partial charge on any atom is 0.150 e. The standard InChI is InChI=1S/C14H31NO2S/c1-4-6-8-12-18(16,17)13-9-7-10-14(3)15-11-5-2/h14-15H,4-13H2,1-3H3. The fraction of sp³-hybridized carbons (Fsp3) is 1.00. The van der Waals surface area contributed by atoms with Gasteiger partial charge in [-0.2, -0.15) is 0 Å². The van der Waals surface area contributed by atoms with Crippen molar-refractivity contribution in [3.05, 3.63) is 0 Å². The van der Waals surface area contributed by atoms with E-state index in [1.165, 1.54) is 0 Å². The van der Waals surface area contributed by atoms with Gasteiger partial charge in [-0.25, -0.2) is 8.42 Å². The number of rotatable bonds is 12. The molecule has 0 saturated carbocycles. The minimum Gasteiger partial charge on any atom is -0.314 e. The van der Waals surface area contributed by atoms with Gasteiger partial charge in [-0.3, -0.25) is 0 Å². The Morgan fingerprint density at radius 1 is 0.944 bits per heavy atom. The molecule has 0 aliphatic heterocycles. The molecular formula is C14H31NO2S. The van der Waals surface area contributed by atoms with Crippen LogP contribution < -0.4 is 5.32 Å². The molecule has 0 aromatic rings. The summed E-state index contributed by atoms with van der Waals surface area (Å²) in [4.78, 5) is 0. The highest BCUT2D eigenvalue weighted by Gasteiger charge is 2.10. The summed E-state index contributed by atoms with van der Waals surface area (Å²) in [5.41, 5.74) is 0. The molecule has 0 aliphatic rings. The summed E-state index contributed by atoms with van der Waals surface area (Å²) in [6.45, 7) is 7.47. The molecule has 4 heteroatoms. The third kappa shape index (κ3) is 11.0. The van der Waals surface area contributed by atoms with Gasteiger partial charge in [0.1, 0.15) is 9.84 Å². The molecule has 1 N–H and O–H groups in total. The Kier molecular flexibility index (Phi) is 10.7. The summed E-state index contributed by atoms with van der Waals surface area (Å²) in [5, 5.41) is 3.42. The molecule has 1 atom stereocenters. The van der Waals surface area contributed by atoms with E-state index in [0.717, 1.165) is 51.5 Å². The van der Waals surface area contributed by atoms with E-state index in [0.29, 0.717) is 17.5 Å². The molecule has 3 nitrogen and oxygen atoms in total. The zero-order valence-corrected chi connectivity index (χ0v) is 13.2. The molecule has 0 rings (SSSR count). The van der Waals surface area contributed by atoms with Gasteiger partial charge in [0, 0.05) is 6.04 Å². The minimum atomic E-state index is -2.79. The first-order chi connectivity index (χ1) is 8.52. The van der Waals surface area contributed by atoms with Crippen LogP contribution in [0, 0.1) is 0 Å². The zero-order chi connectivity index (χ0) is 13.9. The van der Waals surface area contributed by atoms with E-state index in [1.807, 2.05) is 0 Å². The van der Waals surface area contributed by atoms with Gasteiger partial charge in [-0.05, 0) is 39.2 Å². The molecule has 0 fully saturated rings. The van der Waals surface area contributed by atoms with Crippen molar-refractivity contribution in [3.8, 4) is 0 Å². The van der Waals surface area contributed by atoms with Gasteiger partial charge in [0.25, 0.3) is 0 Å². The Morgan fingerprint density at radius 2 is 1.56 bits per heavy atom. The van der Waals surface area contributed by atoms with E-state index in [4.69, 9.17) is 0 Å². The minimum absolute atomic E-state index is 0.372. The number of sulfone groups is 1. The third-order valence-corrected chi connectivity index (χ3v) is 4.97. The zero-order valence-electron chi connectivity index (χ0n) is 12.4. The lowest BCUT2D eigenvalue weighted by atomic mass is 10.1. The van der Waals surface area contributed by atoms with Gasteiger partial charge in [0.15, 0.2) is 0 Å². The molecular weight excluding hydrogens is 246 g/mol. The molecule has 0 bridgehead atoms. The molecule has 0 radical (unpaired) electrons. The summed E-state index contributed by atoms with van der Waals surface area (Å²) < 4.78 is 23.4. The van der Waals surface area contributed by atoms with Crippen molar-refractivity contribution in [2.75, 3.05) is 18.1 Å². The van der Waals surface area contributed by atoms with Gasteiger partial charge in [-0.15, -0.1) is 0 Å². The summed E-state index contributed by atoms with van der Waals surface area (Å²) in [5.74, 6) is 0.752. The third-order valence-electron chi connectivity index (χ3n) is 3.14. The smallest absolute Gasteiger partial charge is 0.150 e. The molecule has 0 aromatic heterocycles. The Morgan fingerprint density at radius 3 is 2.11 bits per heavy atom.